The molecular formula is C17H21NO4. The quantitative estimate of drug-likeness (QED) is 0.855. The van der Waals surface area contributed by atoms with Crippen LogP contribution in [0, 0.1) is 0 Å². The van der Waals surface area contributed by atoms with Gasteiger partial charge in [-0.15, -0.1) is 0 Å². The van der Waals surface area contributed by atoms with Crippen molar-refractivity contribution in [1.29, 1.82) is 0 Å². The second-order valence-electron chi connectivity index (χ2n) is 5.79. The smallest absolute Gasteiger partial charge is 0.263 e. The molecule has 0 saturated carbocycles. The van der Waals surface area contributed by atoms with E-state index in [2.05, 4.69) is 0 Å². The largest absolute Gasteiger partial charge is 0.481 e. The molecule has 0 aromatic heterocycles. The molecule has 0 unspecified atom stereocenters. The zero-order valence-corrected chi connectivity index (χ0v) is 12.8. The molecule has 3 rings (SSSR count). The van der Waals surface area contributed by atoms with E-state index in [0.717, 1.165) is 24.0 Å². The Balaban J connectivity index is 1.67. The second kappa shape index (κ2) is 6.48. The third kappa shape index (κ3) is 3.14. The Bertz CT molecular complexity index is 578. The standard InChI is InChI=1S/C17H21NO4/c1-12(17(20)18-7-9-21-10-8-18)22-14-5-6-15-13(11-14)3-2-4-16(15)19/h5-6,11-12H,2-4,7-10H2,1H3/t12-/m0/s1. The molecule has 1 atom stereocenters. The van der Waals surface area contributed by atoms with Gasteiger partial charge in [0.2, 0.25) is 0 Å². The van der Waals surface area contributed by atoms with Gasteiger partial charge in [0.1, 0.15) is 5.75 Å². The van der Waals surface area contributed by atoms with Crippen LogP contribution in [-0.4, -0.2) is 49.0 Å². The number of hydrogen-bond acceptors (Lipinski definition) is 4. The number of carbonyl (C=O) groups is 2. The van der Waals surface area contributed by atoms with E-state index in [1.807, 2.05) is 12.1 Å². The Kier molecular flexibility index (Phi) is 4.43. The average Bonchev–Trinajstić information content (AvgIpc) is 2.55. The van der Waals surface area contributed by atoms with Crippen molar-refractivity contribution in [3.8, 4) is 5.75 Å². The summed E-state index contributed by atoms with van der Waals surface area (Å²) < 4.78 is 11.0. The Morgan fingerprint density at radius 3 is 2.82 bits per heavy atom. The lowest BCUT2D eigenvalue weighted by Crippen LogP contribution is -2.46. The van der Waals surface area contributed by atoms with Gasteiger partial charge in [-0.3, -0.25) is 9.59 Å². The van der Waals surface area contributed by atoms with Crippen LogP contribution in [0.1, 0.15) is 35.7 Å². The summed E-state index contributed by atoms with van der Waals surface area (Å²) in [6.07, 6.45) is 1.87. The van der Waals surface area contributed by atoms with Gasteiger partial charge >= 0.3 is 0 Å². The minimum atomic E-state index is -0.532. The molecule has 1 aromatic carbocycles. The highest BCUT2D eigenvalue weighted by molar-refractivity contribution is 5.98. The number of fused-ring (bicyclic) bond motifs is 1. The number of morpholine rings is 1. The number of aryl methyl sites for hydroxylation is 1. The molecule has 0 spiro atoms. The summed E-state index contributed by atoms with van der Waals surface area (Å²) in [5, 5.41) is 0. The fraction of sp³-hybridized carbons (Fsp3) is 0.529. The molecule has 5 heteroatoms. The number of amides is 1. The van der Waals surface area contributed by atoms with Crippen molar-refractivity contribution in [2.24, 2.45) is 0 Å². The van der Waals surface area contributed by atoms with Crippen LogP contribution in [0.3, 0.4) is 0 Å². The molecule has 1 aliphatic heterocycles. The number of ether oxygens (including phenoxy) is 2. The van der Waals surface area contributed by atoms with E-state index >= 15 is 0 Å². The van der Waals surface area contributed by atoms with Crippen LogP contribution in [-0.2, 0) is 16.0 Å². The first kappa shape index (κ1) is 15.0. The van der Waals surface area contributed by atoms with Crippen molar-refractivity contribution in [3.05, 3.63) is 29.3 Å². The summed E-state index contributed by atoms with van der Waals surface area (Å²) in [5.41, 5.74) is 1.82. The number of Topliss-reactive ketones (excluding diaryl/α,β-unsaturated/α-hetero) is 1. The van der Waals surface area contributed by atoms with E-state index in [4.69, 9.17) is 9.47 Å². The molecule has 1 amide bonds. The number of ketones is 1. The second-order valence-corrected chi connectivity index (χ2v) is 5.79. The van der Waals surface area contributed by atoms with E-state index in [1.54, 1.807) is 17.9 Å². The first-order chi connectivity index (χ1) is 10.6. The highest BCUT2D eigenvalue weighted by Gasteiger charge is 2.24. The summed E-state index contributed by atoms with van der Waals surface area (Å²) in [5.74, 6) is 0.838. The number of hydrogen-bond donors (Lipinski definition) is 0. The molecule has 1 saturated heterocycles. The van der Waals surface area contributed by atoms with Gasteiger partial charge in [-0.1, -0.05) is 0 Å². The topological polar surface area (TPSA) is 55.8 Å². The molecule has 5 nitrogen and oxygen atoms in total. The lowest BCUT2D eigenvalue weighted by Gasteiger charge is -2.29. The van der Waals surface area contributed by atoms with Gasteiger partial charge in [-0.2, -0.15) is 0 Å². The summed E-state index contributed by atoms with van der Waals surface area (Å²) in [6, 6.07) is 5.50. The third-order valence-corrected chi connectivity index (χ3v) is 4.21. The highest BCUT2D eigenvalue weighted by Crippen LogP contribution is 2.26. The Hall–Kier alpha value is -1.88. The van der Waals surface area contributed by atoms with Crippen LogP contribution in [0.4, 0.5) is 0 Å². The van der Waals surface area contributed by atoms with Gasteiger partial charge in [-0.05, 0) is 43.5 Å². The van der Waals surface area contributed by atoms with Gasteiger partial charge in [0, 0.05) is 25.1 Å². The molecule has 1 fully saturated rings. The average molecular weight is 303 g/mol. The first-order valence-corrected chi connectivity index (χ1v) is 7.84. The maximum atomic E-state index is 12.3. The third-order valence-electron chi connectivity index (χ3n) is 4.21. The van der Waals surface area contributed by atoms with Crippen molar-refractivity contribution >= 4 is 11.7 Å². The number of rotatable bonds is 3. The molecule has 1 aliphatic carbocycles. The monoisotopic (exact) mass is 303 g/mol. The summed E-state index contributed by atoms with van der Waals surface area (Å²) in [4.78, 5) is 25.9. The molecule has 1 aromatic rings. The van der Waals surface area contributed by atoms with E-state index in [-0.39, 0.29) is 11.7 Å². The summed E-state index contributed by atoms with van der Waals surface area (Å²) in [7, 11) is 0. The lowest BCUT2D eigenvalue weighted by atomic mass is 9.90. The van der Waals surface area contributed by atoms with Crippen LogP contribution < -0.4 is 4.74 Å². The van der Waals surface area contributed by atoms with Crippen molar-refractivity contribution in [3.63, 3.8) is 0 Å². The van der Waals surface area contributed by atoms with Crippen molar-refractivity contribution < 1.29 is 19.1 Å². The minimum absolute atomic E-state index is 0.0166. The zero-order valence-electron chi connectivity index (χ0n) is 12.8. The number of nitrogens with zero attached hydrogens (tertiary/aromatic N) is 1. The number of carbonyl (C=O) groups excluding carboxylic acids is 2. The van der Waals surface area contributed by atoms with Crippen LogP contribution >= 0.6 is 0 Å². The van der Waals surface area contributed by atoms with E-state index in [1.165, 1.54) is 0 Å². The van der Waals surface area contributed by atoms with E-state index < -0.39 is 6.10 Å². The van der Waals surface area contributed by atoms with Gasteiger partial charge in [0.05, 0.1) is 13.2 Å². The van der Waals surface area contributed by atoms with Crippen molar-refractivity contribution in [1.82, 2.24) is 4.90 Å². The maximum Gasteiger partial charge on any atom is 0.263 e. The minimum Gasteiger partial charge on any atom is -0.481 e. The maximum absolute atomic E-state index is 12.3. The van der Waals surface area contributed by atoms with Crippen LogP contribution in [0.2, 0.25) is 0 Å². The molecule has 118 valence electrons. The van der Waals surface area contributed by atoms with E-state index in [0.29, 0.717) is 38.5 Å². The normalized spacial score (nSPS) is 19.5. The van der Waals surface area contributed by atoms with Crippen LogP contribution in [0.25, 0.3) is 0 Å². The van der Waals surface area contributed by atoms with Crippen LogP contribution in [0.15, 0.2) is 18.2 Å². The Morgan fingerprint density at radius 1 is 1.27 bits per heavy atom. The lowest BCUT2D eigenvalue weighted by molar-refractivity contribution is -0.142. The fourth-order valence-corrected chi connectivity index (χ4v) is 2.99. The molecule has 0 bridgehead atoms. The van der Waals surface area contributed by atoms with Gasteiger partial charge in [0.15, 0.2) is 11.9 Å². The molecule has 0 N–H and O–H groups in total. The van der Waals surface area contributed by atoms with Gasteiger partial charge in [0.25, 0.3) is 5.91 Å². The predicted molar refractivity (Wildman–Crippen MR) is 81.2 cm³/mol. The summed E-state index contributed by atoms with van der Waals surface area (Å²) >= 11 is 0. The van der Waals surface area contributed by atoms with Crippen molar-refractivity contribution in [2.45, 2.75) is 32.3 Å². The molecule has 2 aliphatic rings. The molecule has 0 radical (unpaired) electrons. The Morgan fingerprint density at radius 2 is 2.05 bits per heavy atom. The van der Waals surface area contributed by atoms with Crippen LogP contribution in [0.5, 0.6) is 5.75 Å². The Labute approximate surface area is 130 Å². The SMILES string of the molecule is C[C@H](Oc1ccc2c(c1)CCCC2=O)C(=O)N1CCOCC1. The molecule has 22 heavy (non-hydrogen) atoms. The fourth-order valence-electron chi connectivity index (χ4n) is 2.99. The van der Waals surface area contributed by atoms with Gasteiger partial charge in [-0.25, -0.2) is 0 Å². The predicted octanol–water partition coefficient (Wildman–Crippen LogP) is 1.83. The molecule has 1 heterocycles. The van der Waals surface area contributed by atoms with E-state index in [9.17, 15) is 9.59 Å². The first-order valence-electron chi connectivity index (χ1n) is 7.84. The van der Waals surface area contributed by atoms with Gasteiger partial charge < -0.3 is 14.4 Å². The van der Waals surface area contributed by atoms with Crippen molar-refractivity contribution in [2.75, 3.05) is 26.3 Å². The summed E-state index contributed by atoms with van der Waals surface area (Å²) in [6.45, 7) is 4.16. The number of benzene rings is 1. The highest BCUT2D eigenvalue weighted by atomic mass is 16.5. The molecular weight excluding hydrogens is 282 g/mol. The zero-order chi connectivity index (χ0) is 15.5.